The molecule has 1 aliphatic heterocycles. The monoisotopic (exact) mass is 208 g/mol. The van der Waals surface area contributed by atoms with E-state index < -0.39 is 10.0 Å². The quantitative estimate of drug-likeness (QED) is 0.646. The molecule has 1 heterocycles. The van der Waals surface area contributed by atoms with E-state index in [-0.39, 0.29) is 12.6 Å². The van der Waals surface area contributed by atoms with Gasteiger partial charge in [0.25, 0.3) is 0 Å². The molecule has 0 aromatic heterocycles. The van der Waals surface area contributed by atoms with E-state index in [2.05, 4.69) is 4.84 Å². The third-order valence-electron chi connectivity index (χ3n) is 2.29. The summed E-state index contributed by atoms with van der Waals surface area (Å²) in [4.78, 5) is 4.50. The average molecular weight is 208 g/mol. The standard InChI is InChI=1S/C7H16N2O3S/c1-13(10,11)9-5-3-2-4-7(9)6-12-8/h7H,2-6,8H2,1H3. The van der Waals surface area contributed by atoms with E-state index in [9.17, 15) is 8.42 Å². The lowest BCUT2D eigenvalue weighted by Crippen LogP contribution is -2.45. The SMILES string of the molecule is CS(=O)(=O)N1CCCCC1CON. The third-order valence-corrected chi connectivity index (χ3v) is 3.62. The summed E-state index contributed by atoms with van der Waals surface area (Å²) >= 11 is 0. The molecule has 1 rings (SSSR count). The van der Waals surface area contributed by atoms with Crippen molar-refractivity contribution in [3.8, 4) is 0 Å². The molecule has 0 aromatic rings. The van der Waals surface area contributed by atoms with Gasteiger partial charge in [-0.3, -0.25) is 0 Å². The molecule has 0 spiro atoms. The van der Waals surface area contributed by atoms with Crippen LogP contribution in [0.3, 0.4) is 0 Å². The molecule has 0 radical (unpaired) electrons. The van der Waals surface area contributed by atoms with Gasteiger partial charge in [0.2, 0.25) is 10.0 Å². The van der Waals surface area contributed by atoms with Gasteiger partial charge in [-0.05, 0) is 12.8 Å². The van der Waals surface area contributed by atoms with Crippen LogP contribution in [0.5, 0.6) is 0 Å². The molecule has 0 aromatic carbocycles. The lowest BCUT2D eigenvalue weighted by molar-refractivity contribution is 0.0757. The third kappa shape index (κ3) is 2.91. The van der Waals surface area contributed by atoms with Gasteiger partial charge < -0.3 is 4.84 Å². The van der Waals surface area contributed by atoms with Crippen molar-refractivity contribution in [2.24, 2.45) is 5.90 Å². The fraction of sp³-hybridized carbons (Fsp3) is 1.00. The molecule has 1 saturated heterocycles. The Morgan fingerprint density at radius 3 is 2.77 bits per heavy atom. The van der Waals surface area contributed by atoms with Crippen LogP contribution in [0.25, 0.3) is 0 Å². The predicted molar refractivity (Wildman–Crippen MR) is 49.3 cm³/mol. The molecule has 2 N–H and O–H groups in total. The van der Waals surface area contributed by atoms with Crippen LogP contribution in [0.2, 0.25) is 0 Å². The molecule has 6 heteroatoms. The molecule has 13 heavy (non-hydrogen) atoms. The highest BCUT2D eigenvalue weighted by Gasteiger charge is 2.29. The molecular weight excluding hydrogens is 192 g/mol. The van der Waals surface area contributed by atoms with Crippen LogP contribution >= 0.6 is 0 Å². The lowest BCUT2D eigenvalue weighted by Gasteiger charge is -2.32. The number of hydrogen-bond acceptors (Lipinski definition) is 4. The zero-order chi connectivity index (χ0) is 9.90. The average Bonchev–Trinajstić information content (AvgIpc) is 2.04. The molecule has 0 amide bonds. The Hall–Kier alpha value is -0.170. The fourth-order valence-corrected chi connectivity index (χ4v) is 2.86. The van der Waals surface area contributed by atoms with Gasteiger partial charge >= 0.3 is 0 Å². The van der Waals surface area contributed by atoms with Gasteiger partial charge in [-0.1, -0.05) is 6.42 Å². The molecule has 0 saturated carbocycles. The van der Waals surface area contributed by atoms with Crippen LogP contribution in [0.15, 0.2) is 0 Å². The molecule has 1 fully saturated rings. The zero-order valence-electron chi connectivity index (χ0n) is 7.77. The van der Waals surface area contributed by atoms with Crippen LogP contribution < -0.4 is 5.90 Å². The molecule has 0 bridgehead atoms. The summed E-state index contributed by atoms with van der Waals surface area (Å²) in [6.45, 7) is 0.875. The predicted octanol–water partition coefficient (Wildman–Crippen LogP) is -0.309. The van der Waals surface area contributed by atoms with Crippen molar-refractivity contribution in [3.05, 3.63) is 0 Å². The first-order valence-corrected chi connectivity index (χ1v) is 6.19. The number of piperidine rings is 1. The second-order valence-electron chi connectivity index (χ2n) is 3.36. The Kier molecular flexibility index (Phi) is 3.66. The first-order chi connectivity index (χ1) is 6.05. The largest absolute Gasteiger partial charge is 0.303 e. The van der Waals surface area contributed by atoms with Crippen molar-refractivity contribution in [2.75, 3.05) is 19.4 Å². The minimum atomic E-state index is -3.10. The van der Waals surface area contributed by atoms with Crippen LogP contribution in [0.1, 0.15) is 19.3 Å². The van der Waals surface area contributed by atoms with Crippen molar-refractivity contribution >= 4 is 10.0 Å². The zero-order valence-corrected chi connectivity index (χ0v) is 8.59. The second-order valence-corrected chi connectivity index (χ2v) is 5.29. The highest BCUT2D eigenvalue weighted by Crippen LogP contribution is 2.19. The van der Waals surface area contributed by atoms with E-state index >= 15 is 0 Å². The Morgan fingerprint density at radius 2 is 2.23 bits per heavy atom. The highest BCUT2D eigenvalue weighted by molar-refractivity contribution is 7.88. The molecule has 1 atom stereocenters. The minimum absolute atomic E-state index is 0.0752. The summed E-state index contributed by atoms with van der Waals surface area (Å²) in [6.07, 6.45) is 4.03. The summed E-state index contributed by atoms with van der Waals surface area (Å²) in [5.74, 6) is 4.94. The number of nitrogens with zero attached hydrogens (tertiary/aromatic N) is 1. The maximum atomic E-state index is 11.3. The Morgan fingerprint density at radius 1 is 1.54 bits per heavy atom. The van der Waals surface area contributed by atoms with Crippen molar-refractivity contribution in [1.29, 1.82) is 0 Å². The van der Waals surface area contributed by atoms with Gasteiger partial charge in [-0.2, -0.15) is 4.31 Å². The van der Waals surface area contributed by atoms with Crippen LogP contribution in [0, 0.1) is 0 Å². The Bertz CT molecular complexity index is 250. The van der Waals surface area contributed by atoms with E-state index in [1.807, 2.05) is 0 Å². The molecule has 1 aliphatic rings. The van der Waals surface area contributed by atoms with Gasteiger partial charge in [0.1, 0.15) is 0 Å². The van der Waals surface area contributed by atoms with E-state index in [0.717, 1.165) is 19.3 Å². The minimum Gasteiger partial charge on any atom is -0.303 e. The topological polar surface area (TPSA) is 72.6 Å². The van der Waals surface area contributed by atoms with Crippen LogP contribution in [-0.2, 0) is 14.9 Å². The summed E-state index contributed by atoms with van der Waals surface area (Å²) in [5, 5.41) is 0. The maximum Gasteiger partial charge on any atom is 0.211 e. The molecule has 0 aliphatic carbocycles. The van der Waals surface area contributed by atoms with E-state index in [0.29, 0.717) is 6.54 Å². The first kappa shape index (κ1) is 10.9. The van der Waals surface area contributed by atoms with Crippen molar-refractivity contribution < 1.29 is 13.3 Å². The molecule has 5 nitrogen and oxygen atoms in total. The summed E-state index contributed by atoms with van der Waals surface area (Å²) in [5.41, 5.74) is 0. The summed E-state index contributed by atoms with van der Waals surface area (Å²) < 4.78 is 24.1. The second kappa shape index (κ2) is 4.36. The molecule has 78 valence electrons. The molecular formula is C7H16N2O3S. The Labute approximate surface area is 78.9 Å². The fourth-order valence-electron chi connectivity index (χ4n) is 1.69. The molecule has 1 unspecified atom stereocenters. The van der Waals surface area contributed by atoms with Gasteiger partial charge in [-0.15, -0.1) is 0 Å². The van der Waals surface area contributed by atoms with Gasteiger partial charge in [0.15, 0.2) is 0 Å². The van der Waals surface area contributed by atoms with E-state index in [1.54, 1.807) is 0 Å². The normalized spacial score (nSPS) is 26.2. The summed E-state index contributed by atoms with van der Waals surface area (Å²) in [7, 11) is -3.10. The smallest absolute Gasteiger partial charge is 0.211 e. The van der Waals surface area contributed by atoms with Gasteiger partial charge in [0, 0.05) is 6.54 Å². The van der Waals surface area contributed by atoms with Gasteiger partial charge in [-0.25, -0.2) is 14.3 Å². The van der Waals surface area contributed by atoms with Gasteiger partial charge in [0.05, 0.1) is 18.9 Å². The first-order valence-electron chi connectivity index (χ1n) is 4.34. The van der Waals surface area contributed by atoms with Crippen molar-refractivity contribution in [2.45, 2.75) is 25.3 Å². The maximum absolute atomic E-state index is 11.3. The van der Waals surface area contributed by atoms with E-state index in [1.165, 1.54) is 10.6 Å². The summed E-state index contributed by atoms with van der Waals surface area (Å²) in [6, 6.07) is -0.0752. The highest BCUT2D eigenvalue weighted by atomic mass is 32.2. The van der Waals surface area contributed by atoms with Crippen molar-refractivity contribution in [1.82, 2.24) is 4.31 Å². The number of nitrogens with two attached hydrogens (primary N) is 1. The number of hydrogen-bond donors (Lipinski definition) is 1. The van der Waals surface area contributed by atoms with E-state index in [4.69, 9.17) is 5.90 Å². The number of sulfonamides is 1. The van der Waals surface area contributed by atoms with Crippen molar-refractivity contribution in [3.63, 3.8) is 0 Å². The Balaban J connectivity index is 2.67. The van der Waals surface area contributed by atoms with Crippen LogP contribution in [0.4, 0.5) is 0 Å². The number of rotatable bonds is 3. The van der Waals surface area contributed by atoms with Crippen LogP contribution in [-0.4, -0.2) is 38.2 Å². The lowest BCUT2D eigenvalue weighted by atomic mass is 10.1.